The van der Waals surface area contributed by atoms with Crippen molar-refractivity contribution in [1.82, 2.24) is 5.32 Å². The third-order valence-corrected chi connectivity index (χ3v) is 3.18. The largest absolute Gasteiger partial charge is 0.491 e. The fourth-order valence-electron chi connectivity index (χ4n) is 1.93. The van der Waals surface area contributed by atoms with E-state index in [0.29, 0.717) is 0 Å². The Morgan fingerprint density at radius 2 is 1.83 bits per heavy atom. The Hall–Kier alpha value is -2.54. The van der Waals surface area contributed by atoms with Gasteiger partial charge in [0.2, 0.25) is 5.91 Å². The van der Waals surface area contributed by atoms with Crippen molar-refractivity contribution in [2.24, 2.45) is 0 Å². The van der Waals surface area contributed by atoms with E-state index in [1.165, 1.54) is 24.3 Å². The van der Waals surface area contributed by atoms with Gasteiger partial charge in [-0.2, -0.15) is 0 Å². The molecule has 0 aliphatic carbocycles. The van der Waals surface area contributed by atoms with Gasteiger partial charge in [-0.1, -0.05) is 18.2 Å². The summed E-state index contributed by atoms with van der Waals surface area (Å²) in [7, 11) is 0. The molecule has 0 fully saturated rings. The van der Waals surface area contributed by atoms with Crippen LogP contribution >= 0.6 is 0 Å². The summed E-state index contributed by atoms with van der Waals surface area (Å²) in [5, 5.41) is 12.2. The first-order valence-corrected chi connectivity index (χ1v) is 7.21. The molecule has 2 N–H and O–H groups in total. The molecule has 4 nitrogen and oxygen atoms in total. The number of hydrogen-bond donors (Lipinski definition) is 2. The van der Waals surface area contributed by atoms with E-state index in [1.807, 2.05) is 0 Å². The summed E-state index contributed by atoms with van der Waals surface area (Å²) >= 11 is 0. The quantitative estimate of drug-likeness (QED) is 0.813. The highest BCUT2D eigenvalue weighted by Crippen LogP contribution is 2.15. The molecule has 1 amide bonds. The molecule has 1 atom stereocenters. The first-order chi connectivity index (χ1) is 11.5. The fourth-order valence-corrected chi connectivity index (χ4v) is 1.93. The Morgan fingerprint density at radius 1 is 1.08 bits per heavy atom. The second-order valence-corrected chi connectivity index (χ2v) is 5.11. The SMILES string of the molecule is O=C(Cc1ccccc1F)NCC(O)COc1ccc(F)c(F)c1. The zero-order chi connectivity index (χ0) is 17.5. The van der Waals surface area contributed by atoms with Crippen molar-refractivity contribution >= 4 is 5.91 Å². The minimum absolute atomic E-state index is 0.0608. The average molecular weight is 339 g/mol. The number of benzene rings is 2. The molecule has 2 aromatic carbocycles. The van der Waals surface area contributed by atoms with Crippen molar-refractivity contribution in [1.29, 1.82) is 0 Å². The lowest BCUT2D eigenvalue weighted by Crippen LogP contribution is -2.36. The van der Waals surface area contributed by atoms with E-state index in [2.05, 4.69) is 5.32 Å². The molecular formula is C17H16F3NO3. The van der Waals surface area contributed by atoms with Crippen LogP contribution in [0, 0.1) is 17.5 Å². The molecule has 0 saturated heterocycles. The molecule has 2 aromatic rings. The van der Waals surface area contributed by atoms with Crippen LogP contribution in [0.4, 0.5) is 13.2 Å². The van der Waals surface area contributed by atoms with Crippen LogP contribution in [0.25, 0.3) is 0 Å². The first-order valence-electron chi connectivity index (χ1n) is 7.21. The van der Waals surface area contributed by atoms with E-state index in [9.17, 15) is 23.1 Å². The molecule has 128 valence electrons. The van der Waals surface area contributed by atoms with Crippen molar-refractivity contribution in [2.45, 2.75) is 12.5 Å². The average Bonchev–Trinajstić information content (AvgIpc) is 2.56. The number of amides is 1. The Labute approximate surface area is 136 Å². The number of nitrogens with one attached hydrogen (secondary N) is 1. The van der Waals surface area contributed by atoms with E-state index in [0.717, 1.165) is 12.1 Å². The van der Waals surface area contributed by atoms with Crippen LogP contribution in [0.5, 0.6) is 5.75 Å². The highest BCUT2D eigenvalue weighted by Gasteiger charge is 2.11. The van der Waals surface area contributed by atoms with Gasteiger partial charge in [-0.25, -0.2) is 13.2 Å². The van der Waals surface area contributed by atoms with E-state index in [-0.39, 0.29) is 30.9 Å². The van der Waals surface area contributed by atoms with Gasteiger partial charge in [0.15, 0.2) is 11.6 Å². The molecule has 0 saturated carbocycles. The van der Waals surface area contributed by atoms with Crippen LogP contribution in [0.2, 0.25) is 0 Å². The second-order valence-electron chi connectivity index (χ2n) is 5.11. The molecule has 2 rings (SSSR count). The smallest absolute Gasteiger partial charge is 0.224 e. The van der Waals surface area contributed by atoms with Gasteiger partial charge in [0, 0.05) is 12.6 Å². The molecule has 0 heterocycles. The number of aliphatic hydroxyl groups excluding tert-OH is 1. The summed E-state index contributed by atoms with van der Waals surface area (Å²) in [5.41, 5.74) is 0.252. The Bertz CT molecular complexity index is 709. The molecule has 0 aliphatic heterocycles. The Morgan fingerprint density at radius 3 is 2.54 bits per heavy atom. The standard InChI is InChI=1S/C17H16F3NO3/c18-14-4-2-1-3-11(14)7-17(23)21-9-12(22)10-24-13-5-6-15(19)16(20)8-13/h1-6,8,12,22H,7,9-10H2,(H,21,23). The number of carbonyl (C=O) groups is 1. The van der Waals surface area contributed by atoms with E-state index in [1.54, 1.807) is 6.07 Å². The molecule has 1 unspecified atom stereocenters. The van der Waals surface area contributed by atoms with Crippen molar-refractivity contribution in [2.75, 3.05) is 13.2 Å². The van der Waals surface area contributed by atoms with Crippen molar-refractivity contribution in [3.8, 4) is 5.75 Å². The van der Waals surface area contributed by atoms with Crippen LogP contribution < -0.4 is 10.1 Å². The lowest BCUT2D eigenvalue weighted by atomic mass is 10.1. The Balaban J connectivity index is 1.74. The van der Waals surface area contributed by atoms with Gasteiger partial charge in [-0.3, -0.25) is 4.79 Å². The topological polar surface area (TPSA) is 58.6 Å². The summed E-state index contributed by atoms with van der Waals surface area (Å²) < 4.78 is 44.3. The zero-order valence-corrected chi connectivity index (χ0v) is 12.6. The number of halogens is 3. The third-order valence-electron chi connectivity index (χ3n) is 3.18. The van der Waals surface area contributed by atoms with Crippen LogP contribution in [0.15, 0.2) is 42.5 Å². The lowest BCUT2D eigenvalue weighted by Gasteiger charge is -2.13. The summed E-state index contributed by atoms with van der Waals surface area (Å²) in [5.74, 6) is -2.92. The predicted molar refractivity (Wildman–Crippen MR) is 81.0 cm³/mol. The van der Waals surface area contributed by atoms with Gasteiger partial charge >= 0.3 is 0 Å². The maximum Gasteiger partial charge on any atom is 0.224 e. The number of hydrogen-bond acceptors (Lipinski definition) is 3. The van der Waals surface area contributed by atoms with Crippen molar-refractivity contribution in [3.05, 3.63) is 65.5 Å². The fraction of sp³-hybridized carbons (Fsp3) is 0.235. The number of ether oxygens (including phenoxy) is 1. The van der Waals surface area contributed by atoms with Crippen LogP contribution in [0.3, 0.4) is 0 Å². The van der Waals surface area contributed by atoms with Crippen molar-refractivity contribution in [3.63, 3.8) is 0 Å². The minimum atomic E-state index is -1.06. The molecule has 0 aromatic heterocycles. The molecule has 0 spiro atoms. The monoisotopic (exact) mass is 339 g/mol. The Kier molecular flexibility index (Phi) is 6.20. The lowest BCUT2D eigenvalue weighted by molar-refractivity contribution is -0.121. The second kappa shape index (κ2) is 8.35. The minimum Gasteiger partial charge on any atom is -0.491 e. The van der Waals surface area contributed by atoms with E-state index < -0.39 is 29.5 Å². The van der Waals surface area contributed by atoms with Gasteiger partial charge in [0.05, 0.1) is 6.42 Å². The molecule has 0 aliphatic rings. The van der Waals surface area contributed by atoms with Crippen molar-refractivity contribution < 1.29 is 27.8 Å². The number of carbonyl (C=O) groups excluding carboxylic acids is 1. The number of rotatable bonds is 7. The molecule has 0 bridgehead atoms. The van der Waals surface area contributed by atoms with Gasteiger partial charge < -0.3 is 15.2 Å². The van der Waals surface area contributed by atoms with Gasteiger partial charge in [0.1, 0.15) is 24.3 Å². The summed E-state index contributed by atoms with van der Waals surface area (Å²) in [6.45, 7) is -0.331. The third kappa shape index (κ3) is 5.27. The van der Waals surface area contributed by atoms with Gasteiger partial charge in [-0.05, 0) is 23.8 Å². The molecule has 0 radical (unpaired) electrons. The van der Waals surface area contributed by atoms with Gasteiger partial charge in [-0.15, -0.1) is 0 Å². The normalized spacial score (nSPS) is 11.8. The van der Waals surface area contributed by atoms with Crippen LogP contribution in [-0.4, -0.2) is 30.3 Å². The molecule has 24 heavy (non-hydrogen) atoms. The predicted octanol–water partition coefficient (Wildman–Crippen LogP) is 2.20. The summed E-state index contributed by atoms with van der Waals surface area (Å²) in [6, 6.07) is 8.89. The van der Waals surface area contributed by atoms with Crippen LogP contribution in [0.1, 0.15) is 5.56 Å². The van der Waals surface area contributed by atoms with E-state index in [4.69, 9.17) is 4.74 Å². The van der Waals surface area contributed by atoms with Crippen LogP contribution in [-0.2, 0) is 11.2 Å². The first kappa shape index (κ1) is 17.8. The van der Waals surface area contributed by atoms with E-state index >= 15 is 0 Å². The highest BCUT2D eigenvalue weighted by molar-refractivity contribution is 5.78. The summed E-state index contributed by atoms with van der Waals surface area (Å²) in [6.07, 6.45) is -1.20. The maximum absolute atomic E-state index is 13.4. The zero-order valence-electron chi connectivity index (χ0n) is 12.6. The maximum atomic E-state index is 13.4. The summed E-state index contributed by atoms with van der Waals surface area (Å²) in [4.78, 5) is 11.7. The molecular weight excluding hydrogens is 323 g/mol. The highest BCUT2D eigenvalue weighted by atomic mass is 19.2. The molecule has 7 heteroatoms. The number of aliphatic hydroxyl groups is 1. The van der Waals surface area contributed by atoms with Gasteiger partial charge in [0.25, 0.3) is 0 Å².